The van der Waals surface area contributed by atoms with E-state index in [1.807, 2.05) is 11.7 Å². The van der Waals surface area contributed by atoms with Crippen LogP contribution in [-0.4, -0.2) is 106 Å². The summed E-state index contributed by atoms with van der Waals surface area (Å²) in [5, 5.41) is 22.8. The summed E-state index contributed by atoms with van der Waals surface area (Å²) in [7, 11) is 6.14. The Bertz CT molecular complexity index is 802. The van der Waals surface area contributed by atoms with Crippen LogP contribution in [0.2, 0.25) is 0 Å². The van der Waals surface area contributed by atoms with Gasteiger partial charge in [-0.3, -0.25) is 9.58 Å². The molecule has 0 amide bonds. The SMILES string of the molecule is CN(C)CCOCC1CN(CC2CC2)Cc2nnn(C)c21.O=C(O)C(F)(F)F.O=C(O)C(F)(F)F. The molecule has 1 fully saturated rings. The molecule has 2 N–H and O–H groups in total. The molecule has 1 aromatic rings. The second-order valence-corrected chi connectivity index (χ2v) is 8.36. The predicted molar refractivity (Wildman–Crippen MR) is 108 cm³/mol. The number of aliphatic carboxylic acids is 2. The van der Waals surface area contributed by atoms with Crippen molar-refractivity contribution in [1.29, 1.82) is 0 Å². The number of hydrogen-bond donors (Lipinski definition) is 2. The Kier molecular flexibility index (Phi) is 11.4. The largest absolute Gasteiger partial charge is 0.490 e. The van der Waals surface area contributed by atoms with Crippen molar-refractivity contribution in [3.63, 3.8) is 0 Å². The number of carboxylic acid groups (broad SMARTS) is 2. The minimum Gasteiger partial charge on any atom is -0.475 e. The molecule has 3 rings (SSSR count). The van der Waals surface area contributed by atoms with E-state index < -0.39 is 24.3 Å². The van der Waals surface area contributed by atoms with Gasteiger partial charge in [0.25, 0.3) is 0 Å². The first kappa shape index (κ1) is 30.6. The molecule has 1 unspecified atom stereocenters. The van der Waals surface area contributed by atoms with Crippen LogP contribution in [0.1, 0.15) is 30.1 Å². The van der Waals surface area contributed by atoms with Crippen molar-refractivity contribution in [2.45, 2.75) is 37.7 Å². The highest BCUT2D eigenvalue weighted by Crippen LogP contribution is 2.33. The lowest BCUT2D eigenvalue weighted by molar-refractivity contribution is -0.193. The molecule has 1 aliphatic heterocycles. The van der Waals surface area contributed by atoms with Gasteiger partial charge in [0, 0.05) is 39.1 Å². The van der Waals surface area contributed by atoms with Gasteiger partial charge < -0.3 is 19.8 Å². The minimum absolute atomic E-state index is 0.398. The van der Waals surface area contributed by atoms with Gasteiger partial charge in [-0.05, 0) is 32.9 Å². The van der Waals surface area contributed by atoms with E-state index in [4.69, 9.17) is 24.5 Å². The van der Waals surface area contributed by atoms with Crippen LogP contribution in [0.25, 0.3) is 0 Å². The second kappa shape index (κ2) is 13.0. The smallest absolute Gasteiger partial charge is 0.475 e. The van der Waals surface area contributed by atoms with Crippen LogP contribution in [0.5, 0.6) is 0 Å². The molecule has 0 aromatic carbocycles. The number of fused-ring (bicyclic) bond motifs is 1. The van der Waals surface area contributed by atoms with Crippen molar-refractivity contribution in [3.8, 4) is 0 Å². The lowest BCUT2D eigenvalue weighted by Gasteiger charge is -2.32. The predicted octanol–water partition coefficient (Wildman–Crippen LogP) is 1.97. The fourth-order valence-electron chi connectivity index (χ4n) is 3.10. The number of aromatic nitrogens is 3. The number of halogens is 6. The van der Waals surface area contributed by atoms with E-state index in [1.54, 1.807) is 0 Å². The Balaban J connectivity index is 0.000000362. The number of likely N-dealkylation sites (N-methyl/N-ethyl adjacent to an activating group) is 1. The summed E-state index contributed by atoms with van der Waals surface area (Å²) in [5.74, 6) is -4.20. The van der Waals surface area contributed by atoms with Gasteiger partial charge in [0.15, 0.2) is 0 Å². The van der Waals surface area contributed by atoms with E-state index in [0.717, 1.165) is 44.5 Å². The maximum absolute atomic E-state index is 10.6. The Morgan fingerprint density at radius 1 is 1.09 bits per heavy atom. The summed E-state index contributed by atoms with van der Waals surface area (Å²) < 4.78 is 71.3. The maximum atomic E-state index is 10.6. The molecule has 10 nitrogen and oxygen atoms in total. The molecular weight excluding hydrogens is 492 g/mol. The quantitative estimate of drug-likeness (QED) is 0.410. The fourth-order valence-corrected chi connectivity index (χ4v) is 3.10. The summed E-state index contributed by atoms with van der Waals surface area (Å²) in [6.45, 7) is 5.76. The highest BCUT2D eigenvalue weighted by atomic mass is 19.4. The van der Waals surface area contributed by atoms with Gasteiger partial charge in [0.1, 0.15) is 5.69 Å². The number of carboxylic acids is 2. The summed E-state index contributed by atoms with van der Waals surface area (Å²) in [6.07, 6.45) is -7.37. The zero-order valence-electron chi connectivity index (χ0n) is 19.4. The Hall–Kier alpha value is -2.46. The van der Waals surface area contributed by atoms with Crippen molar-refractivity contribution in [3.05, 3.63) is 11.4 Å². The average Bonchev–Trinajstić information content (AvgIpc) is 3.44. The normalized spacial score (nSPS) is 18.2. The molecule has 0 spiro atoms. The molecule has 1 atom stereocenters. The van der Waals surface area contributed by atoms with Crippen molar-refractivity contribution in [2.75, 3.05) is 46.9 Å². The van der Waals surface area contributed by atoms with Crippen molar-refractivity contribution < 1.29 is 50.9 Å². The molecule has 0 saturated heterocycles. The highest BCUT2D eigenvalue weighted by Gasteiger charge is 2.39. The monoisotopic (exact) mass is 521 g/mol. The fraction of sp³-hybridized carbons (Fsp3) is 0.789. The third kappa shape index (κ3) is 11.7. The first-order chi connectivity index (χ1) is 16.0. The zero-order valence-corrected chi connectivity index (χ0v) is 19.4. The third-order valence-electron chi connectivity index (χ3n) is 4.88. The van der Waals surface area contributed by atoms with Crippen LogP contribution < -0.4 is 0 Å². The molecule has 202 valence electrons. The molecule has 1 aromatic heterocycles. The summed E-state index contributed by atoms with van der Waals surface area (Å²) in [6, 6.07) is 0. The van der Waals surface area contributed by atoms with Crippen LogP contribution in [0.4, 0.5) is 26.3 Å². The standard InChI is InChI=1S/C15H27N5O.2C2HF3O2/c1-18(2)6-7-21-11-13-9-20(8-12-4-5-12)10-14-15(13)19(3)17-16-14;2*3-2(4,5)1(6)7/h12-13H,4-11H2,1-3H3;2*(H,6,7). The molecule has 35 heavy (non-hydrogen) atoms. The van der Waals surface area contributed by atoms with E-state index in [2.05, 4.69) is 34.2 Å². The van der Waals surface area contributed by atoms with Gasteiger partial charge in [-0.15, -0.1) is 5.10 Å². The van der Waals surface area contributed by atoms with E-state index >= 15 is 0 Å². The molecular formula is C19H29F6N5O5. The first-order valence-corrected chi connectivity index (χ1v) is 10.5. The van der Waals surface area contributed by atoms with Crippen LogP contribution >= 0.6 is 0 Å². The molecule has 2 heterocycles. The van der Waals surface area contributed by atoms with Crippen molar-refractivity contribution >= 4 is 11.9 Å². The van der Waals surface area contributed by atoms with Gasteiger partial charge in [-0.2, -0.15) is 26.3 Å². The van der Waals surface area contributed by atoms with Gasteiger partial charge in [0.05, 0.1) is 18.9 Å². The highest BCUT2D eigenvalue weighted by molar-refractivity contribution is 5.73. The summed E-state index contributed by atoms with van der Waals surface area (Å²) in [4.78, 5) is 22.5. The summed E-state index contributed by atoms with van der Waals surface area (Å²) in [5.41, 5.74) is 2.41. The van der Waals surface area contributed by atoms with Gasteiger partial charge in [0.2, 0.25) is 0 Å². The van der Waals surface area contributed by atoms with Crippen molar-refractivity contribution in [2.24, 2.45) is 13.0 Å². The number of carbonyl (C=O) groups is 2. The Labute approximate surface area is 197 Å². The molecule has 0 bridgehead atoms. The number of nitrogens with zero attached hydrogens (tertiary/aromatic N) is 5. The van der Waals surface area contributed by atoms with E-state index in [9.17, 15) is 26.3 Å². The van der Waals surface area contributed by atoms with Crippen LogP contribution in [0.15, 0.2) is 0 Å². The van der Waals surface area contributed by atoms with E-state index in [1.165, 1.54) is 25.1 Å². The molecule has 16 heteroatoms. The second-order valence-electron chi connectivity index (χ2n) is 8.36. The Morgan fingerprint density at radius 3 is 2.03 bits per heavy atom. The van der Waals surface area contributed by atoms with Crippen LogP contribution in [0, 0.1) is 5.92 Å². The van der Waals surface area contributed by atoms with E-state index in [0.29, 0.717) is 5.92 Å². The number of ether oxygens (including phenoxy) is 1. The molecule has 0 radical (unpaired) electrons. The first-order valence-electron chi connectivity index (χ1n) is 10.5. The molecule has 2 aliphatic rings. The number of alkyl halides is 6. The molecule has 1 saturated carbocycles. The van der Waals surface area contributed by atoms with Gasteiger partial charge >= 0.3 is 24.3 Å². The van der Waals surface area contributed by atoms with Gasteiger partial charge in [-0.25, -0.2) is 9.59 Å². The van der Waals surface area contributed by atoms with Gasteiger partial charge in [-0.1, -0.05) is 5.21 Å². The van der Waals surface area contributed by atoms with E-state index in [-0.39, 0.29) is 0 Å². The zero-order chi connectivity index (χ0) is 27.0. The summed E-state index contributed by atoms with van der Waals surface area (Å²) >= 11 is 0. The lowest BCUT2D eigenvalue weighted by Crippen LogP contribution is -2.37. The van der Waals surface area contributed by atoms with Crippen molar-refractivity contribution in [1.82, 2.24) is 24.8 Å². The lowest BCUT2D eigenvalue weighted by atomic mass is 9.98. The Morgan fingerprint density at radius 2 is 1.60 bits per heavy atom. The topological polar surface area (TPSA) is 121 Å². The number of aryl methyl sites for hydroxylation is 1. The minimum atomic E-state index is -5.08. The van der Waals surface area contributed by atoms with Crippen LogP contribution in [-0.2, 0) is 27.9 Å². The number of rotatable bonds is 7. The maximum Gasteiger partial charge on any atom is 0.490 e. The van der Waals surface area contributed by atoms with Crippen LogP contribution in [0.3, 0.4) is 0 Å². The third-order valence-corrected chi connectivity index (χ3v) is 4.88. The average molecular weight is 521 g/mol. The molecule has 1 aliphatic carbocycles. The number of hydrogen-bond acceptors (Lipinski definition) is 7.